The number of carbonyl (C=O) groups is 1. The lowest BCUT2D eigenvalue weighted by Crippen LogP contribution is -2.03. The van der Waals surface area contributed by atoms with Crippen LogP contribution in [0.4, 0.5) is 0 Å². The molecule has 0 saturated carbocycles. The molecule has 4 aromatic rings. The van der Waals surface area contributed by atoms with Crippen molar-refractivity contribution in [3.05, 3.63) is 94.1 Å². The molecule has 0 radical (unpaired) electrons. The Kier molecular flexibility index (Phi) is 7.98. The third-order valence-electron chi connectivity index (χ3n) is 5.41. The molecule has 0 spiro atoms. The summed E-state index contributed by atoms with van der Waals surface area (Å²) in [6.07, 6.45) is 0. The Morgan fingerprint density at radius 1 is 0.861 bits per heavy atom. The Bertz CT molecular complexity index is 1390. The summed E-state index contributed by atoms with van der Waals surface area (Å²) in [5, 5.41) is 10.5. The van der Waals surface area contributed by atoms with Gasteiger partial charge in [-0.15, -0.1) is 0 Å². The summed E-state index contributed by atoms with van der Waals surface area (Å²) in [4.78, 5) is 16.1. The van der Waals surface area contributed by atoms with Gasteiger partial charge in [-0.25, -0.2) is 9.78 Å². The average molecular weight is 524 g/mol. The quantitative estimate of drug-likeness (QED) is 0.246. The van der Waals surface area contributed by atoms with Crippen molar-refractivity contribution in [2.45, 2.75) is 13.5 Å². The Hall–Kier alpha value is -3.74. The number of carboxylic acids is 1. The number of rotatable bonds is 9. The minimum atomic E-state index is -1.14. The average Bonchev–Trinajstić information content (AvgIpc) is 2.89. The Morgan fingerprint density at radius 2 is 1.58 bits per heavy atom. The highest BCUT2D eigenvalue weighted by atomic mass is 35.5. The lowest BCUT2D eigenvalue weighted by atomic mass is 9.98. The predicted molar refractivity (Wildman–Crippen MR) is 141 cm³/mol. The van der Waals surface area contributed by atoms with Gasteiger partial charge in [-0.05, 0) is 67.1 Å². The van der Waals surface area contributed by atoms with Crippen molar-refractivity contribution in [1.82, 2.24) is 4.98 Å². The molecule has 0 amide bonds. The van der Waals surface area contributed by atoms with Crippen LogP contribution in [0.25, 0.3) is 22.4 Å². The minimum absolute atomic E-state index is 0.0958. The van der Waals surface area contributed by atoms with E-state index in [1.54, 1.807) is 43.5 Å². The zero-order chi connectivity index (χ0) is 25.7. The van der Waals surface area contributed by atoms with Crippen LogP contribution in [0.5, 0.6) is 17.2 Å². The van der Waals surface area contributed by atoms with E-state index in [9.17, 15) is 9.90 Å². The maximum Gasteiger partial charge on any atom is 0.354 e. The van der Waals surface area contributed by atoms with Crippen molar-refractivity contribution in [3.8, 4) is 39.6 Å². The topological polar surface area (TPSA) is 77.9 Å². The number of ether oxygens (including phenoxy) is 3. The van der Waals surface area contributed by atoms with Crippen molar-refractivity contribution >= 4 is 29.2 Å². The van der Waals surface area contributed by atoms with Crippen LogP contribution in [-0.4, -0.2) is 29.8 Å². The summed E-state index contributed by atoms with van der Waals surface area (Å²) in [7, 11) is 1.61. The fourth-order valence-corrected chi connectivity index (χ4v) is 4.02. The molecule has 1 N–H and O–H groups in total. The number of aromatic carboxylic acids is 1. The summed E-state index contributed by atoms with van der Waals surface area (Å²) < 4.78 is 16.8. The van der Waals surface area contributed by atoms with Gasteiger partial charge in [-0.1, -0.05) is 41.4 Å². The Balaban J connectivity index is 1.75. The number of benzene rings is 3. The molecule has 0 aliphatic rings. The van der Waals surface area contributed by atoms with Gasteiger partial charge in [0, 0.05) is 21.7 Å². The highest BCUT2D eigenvalue weighted by molar-refractivity contribution is 6.33. The predicted octanol–water partition coefficient (Wildman–Crippen LogP) is 7.41. The molecule has 36 heavy (non-hydrogen) atoms. The standard InChI is InChI=1S/C28H23Cl2NO5/c1-3-35-20-9-12-23(29)22(15-20)21-10-13-25(28(32)33)31-27(21)18-6-11-24(30)26(14-18)36-16-17-4-7-19(34-2)8-5-17/h4-15H,3,16H2,1-2H3,(H,32,33). The third-order valence-corrected chi connectivity index (χ3v) is 6.05. The zero-order valence-corrected chi connectivity index (χ0v) is 21.1. The third kappa shape index (κ3) is 5.73. The van der Waals surface area contributed by atoms with E-state index >= 15 is 0 Å². The summed E-state index contributed by atoms with van der Waals surface area (Å²) in [6.45, 7) is 2.67. The van der Waals surface area contributed by atoms with Crippen molar-refractivity contribution in [2.75, 3.05) is 13.7 Å². The molecule has 0 fully saturated rings. The molecule has 8 heteroatoms. The van der Waals surface area contributed by atoms with Crippen LogP contribution in [0, 0.1) is 0 Å². The summed E-state index contributed by atoms with van der Waals surface area (Å²) in [5.41, 5.74) is 3.20. The largest absolute Gasteiger partial charge is 0.497 e. The fourth-order valence-electron chi connectivity index (χ4n) is 3.63. The molecule has 6 nitrogen and oxygen atoms in total. The van der Waals surface area contributed by atoms with E-state index in [-0.39, 0.29) is 12.3 Å². The van der Waals surface area contributed by atoms with Crippen molar-refractivity contribution in [3.63, 3.8) is 0 Å². The van der Waals surface area contributed by atoms with E-state index < -0.39 is 5.97 Å². The summed E-state index contributed by atoms with van der Waals surface area (Å²) >= 11 is 13.0. The highest BCUT2D eigenvalue weighted by Crippen LogP contribution is 2.39. The zero-order valence-electron chi connectivity index (χ0n) is 19.6. The van der Waals surface area contributed by atoms with Crippen LogP contribution in [0.3, 0.4) is 0 Å². The van der Waals surface area contributed by atoms with Gasteiger partial charge in [0.25, 0.3) is 0 Å². The number of hydrogen-bond acceptors (Lipinski definition) is 5. The number of pyridine rings is 1. The van der Waals surface area contributed by atoms with Crippen LogP contribution in [0.1, 0.15) is 23.0 Å². The number of methoxy groups -OCH3 is 1. The Morgan fingerprint density at radius 3 is 2.28 bits per heavy atom. The first-order valence-electron chi connectivity index (χ1n) is 11.1. The first-order chi connectivity index (χ1) is 17.4. The molecule has 4 rings (SSSR count). The minimum Gasteiger partial charge on any atom is -0.497 e. The van der Waals surface area contributed by atoms with E-state index in [0.717, 1.165) is 11.3 Å². The number of aromatic nitrogens is 1. The number of carboxylic acid groups (broad SMARTS) is 1. The molecule has 0 aliphatic carbocycles. The van der Waals surface area contributed by atoms with Gasteiger partial charge in [0.1, 0.15) is 29.5 Å². The molecular formula is C28H23Cl2NO5. The van der Waals surface area contributed by atoms with Gasteiger partial charge in [0.15, 0.2) is 0 Å². The van der Waals surface area contributed by atoms with Gasteiger partial charge in [0.05, 0.1) is 24.4 Å². The Labute approximate surface area is 219 Å². The molecule has 1 heterocycles. The van der Waals surface area contributed by atoms with E-state index in [0.29, 0.717) is 50.5 Å². The maximum absolute atomic E-state index is 11.7. The fraction of sp³-hybridized carbons (Fsp3) is 0.143. The van der Waals surface area contributed by atoms with Crippen molar-refractivity contribution < 1.29 is 24.1 Å². The number of halogens is 2. The summed E-state index contributed by atoms with van der Waals surface area (Å²) in [5.74, 6) is 0.696. The number of nitrogens with zero attached hydrogens (tertiary/aromatic N) is 1. The lowest BCUT2D eigenvalue weighted by molar-refractivity contribution is 0.0690. The van der Waals surface area contributed by atoms with Crippen LogP contribution >= 0.6 is 23.2 Å². The first-order valence-corrected chi connectivity index (χ1v) is 11.9. The molecule has 0 unspecified atom stereocenters. The second-order valence-corrected chi connectivity index (χ2v) is 8.57. The monoisotopic (exact) mass is 523 g/mol. The van der Waals surface area contributed by atoms with Crippen LogP contribution in [-0.2, 0) is 6.61 Å². The molecule has 3 aromatic carbocycles. The van der Waals surface area contributed by atoms with Crippen molar-refractivity contribution in [1.29, 1.82) is 0 Å². The lowest BCUT2D eigenvalue weighted by Gasteiger charge is -2.15. The first kappa shape index (κ1) is 25.4. The van der Waals surface area contributed by atoms with Gasteiger partial charge in [-0.2, -0.15) is 0 Å². The van der Waals surface area contributed by atoms with Crippen LogP contribution < -0.4 is 14.2 Å². The van der Waals surface area contributed by atoms with Gasteiger partial charge in [0.2, 0.25) is 0 Å². The van der Waals surface area contributed by atoms with Crippen molar-refractivity contribution in [2.24, 2.45) is 0 Å². The summed E-state index contributed by atoms with van der Waals surface area (Å²) in [6, 6.07) is 21.2. The van der Waals surface area contributed by atoms with E-state index in [1.807, 2.05) is 37.3 Å². The number of hydrogen-bond donors (Lipinski definition) is 1. The molecule has 1 aromatic heterocycles. The smallest absolute Gasteiger partial charge is 0.354 e. The molecular weight excluding hydrogens is 501 g/mol. The highest BCUT2D eigenvalue weighted by Gasteiger charge is 2.18. The molecule has 184 valence electrons. The molecule has 0 bridgehead atoms. The van der Waals surface area contributed by atoms with Gasteiger partial charge in [-0.3, -0.25) is 0 Å². The maximum atomic E-state index is 11.7. The molecule has 0 saturated heterocycles. The van der Waals surface area contributed by atoms with E-state index in [2.05, 4.69) is 4.98 Å². The van der Waals surface area contributed by atoms with Gasteiger partial charge >= 0.3 is 5.97 Å². The second kappa shape index (κ2) is 11.3. The normalized spacial score (nSPS) is 10.7. The van der Waals surface area contributed by atoms with Crippen LogP contribution in [0.15, 0.2) is 72.8 Å². The van der Waals surface area contributed by atoms with E-state index in [1.165, 1.54) is 6.07 Å². The molecule has 0 aliphatic heterocycles. The SMILES string of the molecule is CCOc1ccc(Cl)c(-c2ccc(C(=O)O)nc2-c2ccc(Cl)c(OCc3ccc(OC)cc3)c2)c1. The van der Waals surface area contributed by atoms with Crippen LogP contribution in [0.2, 0.25) is 10.0 Å². The second-order valence-electron chi connectivity index (χ2n) is 7.75. The van der Waals surface area contributed by atoms with E-state index in [4.69, 9.17) is 37.4 Å². The molecule has 0 atom stereocenters. The van der Waals surface area contributed by atoms with Gasteiger partial charge < -0.3 is 19.3 Å².